The normalized spacial score (nSPS) is 16.2. The quantitative estimate of drug-likeness (QED) is 0.375. The zero-order valence-electron chi connectivity index (χ0n) is 13.5. The molecule has 0 spiro atoms. The summed E-state index contributed by atoms with van der Waals surface area (Å²) >= 11 is 0. The van der Waals surface area contributed by atoms with Gasteiger partial charge in [0.15, 0.2) is 0 Å². The number of rotatable bonds is 5. The number of H-pyrrole nitrogens is 1. The van der Waals surface area contributed by atoms with Crippen LogP contribution in [0, 0.1) is 5.92 Å². The van der Waals surface area contributed by atoms with E-state index >= 15 is 0 Å². The van der Waals surface area contributed by atoms with Crippen LogP contribution in [0.3, 0.4) is 0 Å². The van der Waals surface area contributed by atoms with Crippen molar-refractivity contribution < 1.29 is 10.0 Å². The van der Waals surface area contributed by atoms with Gasteiger partial charge >= 0.3 is 0 Å². The molecule has 3 N–H and O–H groups in total. The summed E-state index contributed by atoms with van der Waals surface area (Å²) in [5.74, 6) is 0.724. The van der Waals surface area contributed by atoms with Crippen LogP contribution >= 0.6 is 0 Å². The van der Waals surface area contributed by atoms with E-state index in [2.05, 4.69) is 15.3 Å². The molecule has 1 amide bonds. The molecule has 4 rings (SSSR count). The Balaban J connectivity index is 1.67. The lowest BCUT2D eigenvalue weighted by Crippen LogP contribution is -2.27. The lowest BCUT2D eigenvalue weighted by molar-refractivity contribution is -0.124. The van der Waals surface area contributed by atoms with Crippen LogP contribution in [0.1, 0.15) is 36.8 Å². The van der Waals surface area contributed by atoms with Crippen molar-refractivity contribution in [3.8, 4) is 0 Å². The van der Waals surface area contributed by atoms with Crippen LogP contribution in [-0.2, 0) is 4.79 Å². The van der Waals surface area contributed by atoms with Crippen LogP contribution in [0.5, 0.6) is 0 Å². The van der Waals surface area contributed by atoms with Gasteiger partial charge in [-0.1, -0.05) is 23.8 Å². The van der Waals surface area contributed by atoms with E-state index in [-0.39, 0.29) is 6.04 Å². The van der Waals surface area contributed by atoms with Crippen molar-refractivity contribution in [2.24, 2.45) is 5.92 Å². The molecule has 1 fully saturated rings. The number of hydrogen-bond donors (Lipinski definition) is 3. The van der Waals surface area contributed by atoms with E-state index < -0.39 is 5.91 Å². The van der Waals surface area contributed by atoms with E-state index in [1.54, 1.807) is 16.4 Å². The molecule has 1 aromatic carbocycles. The number of fused-ring (bicyclic) bond motifs is 1. The van der Waals surface area contributed by atoms with E-state index in [4.69, 9.17) is 10.2 Å². The summed E-state index contributed by atoms with van der Waals surface area (Å²) < 4.78 is 1.80. The smallest absolute Gasteiger partial charge is 0.267 e. The SMILES string of the molecule is O=C(C=Cc1cn(C(c2nc3ccccc3[nH]2)C2CCC2)nn1)NO. The summed E-state index contributed by atoms with van der Waals surface area (Å²) in [5.41, 5.74) is 4.03. The minimum Gasteiger partial charge on any atom is -0.340 e. The second-order valence-electron chi connectivity index (χ2n) is 6.21. The van der Waals surface area contributed by atoms with E-state index in [9.17, 15) is 4.79 Å². The zero-order valence-corrected chi connectivity index (χ0v) is 13.5. The van der Waals surface area contributed by atoms with Crippen molar-refractivity contribution in [2.45, 2.75) is 25.3 Å². The number of amides is 1. The average Bonchev–Trinajstić information content (AvgIpc) is 3.22. The van der Waals surface area contributed by atoms with E-state index in [1.165, 1.54) is 18.6 Å². The molecule has 0 aliphatic heterocycles. The Labute approximate surface area is 143 Å². The van der Waals surface area contributed by atoms with Gasteiger partial charge in [0.05, 0.1) is 17.2 Å². The molecule has 1 unspecified atom stereocenters. The molecule has 8 heteroatoms. The average molecular weight is 338 g/mol. The van der Waals surface area contributed by atoms with Gasteiger partial charge in [0.1, 0.15) is 17.6 Å². The third-order valence-electron chi connectivity index (χ3n) is 4.61. The lowest BCUT2D eigenvalue weighted by Gasteiger charge is -2.32. The van der Waals surface area contributed by atoms with E-state index in [0.717, 1.165) is 29.7 Å². The molecule has 3 aromatic rings. The minimum absolute atomic E-state index is 0.0116. The van der Waals surface area contributed by atoms with Gasteiger partial charge in [0.25, 0.3) is 5.91 Å². The maximum absolute atomic E-state index is 11.1. The Hall–Kier alpha value is -3.00. The van der Waals surface area contributed by atoms with Crippen LogP contribution in [-0.4, -0.2) is 36.1 Å². The number of hydrogen-bond acceptors (Lipinski definition) is 5. The molecule has 0 saturated heterocycles. The van der Waals surface area contributed by atoms with Crippen molar-refractivity contribution in [3.63, 3.8) is 0 Å². The molecule has 2 aromatic heterocycles. The highest BCUT2D eigenvalue weighted by Gasteiger charge is 2.33. The molecule has 128 valence electrons. The number of imidazole rings is 1. The highest BCUT2D eigenvalue weighted by Crippen LogP contribution is 2.39. The molecule has 1 aliphatic rings. The molecule has 0 bridgehead atoms. The van der Waals surface area contributed by atoms with Crippen molar-refractivity contribution in [3.05, 3.63) is 48.1 Å². The predicted octanol–water partition coefficient (Wildman–Crippen LogP) is 2.06. The van der Waals surface area contributed by atoms with Gasteiger partial charge in [0, 0.05) is 6.08 Å². The van der Waals surface area contributed by atoms with E-state index in [0.29, 0.717) is 11.6 Å². The number of para-hydroxylation sites is 2. The third kappa shape index (κ3) is 3.03. The number of aromatic nitrogens is 5. The van der Waals surface area contributed by atoms with Gasteiger partial charge < -0.3 is 4.98 Å². The Morgan fingerprint density at radius 3 is 2.96 bits per heavy atom. The summed E-state index contributed by atoms with van der Waals surface area (Å²) in [6, 6.07) is 7.92. The lowest BCUT2D eigenvalue weighted by atomic mass is 9.79. The van der Waals surface area contributed by atoms with Crippen LogP contribution in [0.4, 0.5) is 0 Å². The van der Waals surface area contributed by atoms with Crippen LogP contribution in [0.25, 0.3) is 17.1 Å². The number of carbonyl (C=O) groups excluding carboxylic acids is 1. The van der Waals surface area contributed by atoms with Gasteiger partial charge in [0.2, 0.25) is 0 Å². The second kappa shape index (κ2) is 6.48. The Bertz CT molecular complexity index is 891. The van der Waals surface area contributed by atoms with Crippen molar-refractivity contribution in [2.75, 3.05) is 0 Å². The summed E-state index contributed by atoms with van der Waals surface area (Å²) in [6.07, 6.45) is 7.95. The van der Waals surface area contributed by atoms with E-state index in [1.807, 2.05) is 24.3 Å². The van der Waals surface area contributed by atoms with Gasteiger partial charge in [-0.15, -0.1) is 5.10 Å². The molecular weight excluding hydrogens is 320 g/mol. The summed E-state index contributed by atoms with van der Waals surface area (Å²) in [5, 5.41) is 16.8. The number of aromatic amines is 1. The molecule has 8 nitrogen and oxygen atoms in total. The molecule has 0 radical (unpaired) electrons. The maximum atomic E-state index is 11.1. The molecular formula is C17H18N6O2. The minimum atomic E-state index is -0.609. The number of carbonyl (C=O) groups is 1. The number of benzene rings is 1. The molecule has 1 aliphatic carbocycles. The van der Waals surface area contributed by atoms with Gasteiger partial charge in [-0.2, -0.15) is 0 Å². The number of nitrogens with one attached hydrogen (secondary N) is 2. The third-order valence-corrected chi connectivity index (χ3v) is 4.61. The Morgan fingerprint density at radius 2 is 2.24 bits per heavy atom. The second-order valence-corrected chi connectivity index (χ2v) is 6.21. The summed E-state index contributed by atoms with van der Waals surface area (Å²) in [4.78, 5) is 19.2. The van der Waals surface area contributed by atoms with Crippen molar-refractivity contribution in [1.82, 2.24) is 30.4 Å². The Kier molecular flexibility index (Phi) is 4.02. The first-order valence-electron chi connectivity index (χ1n) is 8.23. The first-order valence-corrected chi connectivity index (χ1v) is 8.23. The standard InChI is InChI=1S/C17H18N6O2/c24-15(21-25)9-8-12-10-23(22-20-12)16(11-4-3-5-11)17-18-13-6-1-2-7-14(13)19-17/h1-2,6-11,16,25H,3-5H2,(H,18,19)(H,21,24). The summed E-state index contributed by atoms with van der Waals surface area (Å²) in [7, 11) is 0. The molecule has 1 atom stereocenters. The fourth-order valence-corrected chi connectivity index (χ4v) is 3.13. The van der Waals surface area contributed by atoms with Gasteiger partial charge in [-0.25, -0.2) is 15.1 Å². The molecule has 2 heterocycles. The Morgan fingerprint density at radius 1 is 1.40 bits per heavy atom. The van der Waals surface area contributed by atoms with Crippen LogP contribution < -0.4 is 5.48 Å². The predicted molar refractivity (Wildman–Crippen MR) is 90.6 cm³/mol. The first-order chi connectivity index (χ1) is 12.2. The van der Waals surface area contributed by atoms with Crippen LogP contribution in [0.15, 0.2) is 36.5 Å². The van der Waals surface area contributed by atoms with Crippen molar-refractivity contribution >= 4 is 23.0 Å². The first kappa shape index (κ1) is 15.5. The fraction of sp³-hybridized carbons (Fsp3) is 0.294. The molecule has 1 saturated carbocycles. The van der Waals surface area contributed by atoms with Gasteiger partial charge in [-0.3, -0.25) is 10.0 Å². The highest BCUT2D eigenvalue weighted by atomic mass is 16.5. The number of hydroxylamine groups is 1. The highest BCUT2D eigenvalue weighted by molar-refractivity contribution is 5.90. The topological polar surface area (TPSA) is 109 Å². The maximum Gasteiger partial charge on any atom is 0.267 e. The molecule has 25 heavy (non-hydrogen) atoms. The van der Waals surface area contributed by atoms with Crippen LogP contribution in [0.2, 0.25) is 0 Å². The van der Waals surface area contributed by atoms with Crippen molar-refractivity contribution in [1.29, 1.82) is 0 Å². The monoisotopic (exact) mass is 338 g/mol. The van der Waals surface area contributed by atoms with Gasteiger partial charge in [-0.05, 0) is 37.0 Å². The fourth-order valence-electron chi connectivity index (χ4n) is 3.13. The zero-order chi connectivity index (χ0) is 17.2. The largest absolute Gasteiger partial charge is 0.340 e. The summed E-state index contributed by atoms with van der Waals surface area (Å²) in [6.45, 7) is 0. The number of nitrogens with zero attached hydrogens (tertiary/aromatic N) is 4.